The Morgan fingerprint density at radius 3 is 2.94 bits per heavy atom. The van der Waals surface area contributed by atoms with Crippen molar-refractivity contribution < 1.29 is 9.53 Å². The van der Waals surface area contributed by atoms with E-state index in [1.165, 1.54) is 7.11 Å². The van der Waals surface area contributed by atoms with Crippen molar-refractivity contribution >= 4 is 22.4 Å². The van der Waals surface area contributed by atoms with Crippen molar-refractivity contribution in [1.29, 1.82) is 0 Å². The molecule has 3 aromatic rings. The molecule has 0 fully saturated rings. The predicted octanol–water partition coefficient (Wildman–Crippen LogP) is 2.27. The van der Waals surface area contributed by atoms with Crippen molar-refractivity contribution in [3.63, 3.8) is 0 Å². The average molecular weight is 226 g/mol. The zero-order valence-electron chi connectivity index (χ0n) is 9.25. The third kappa shape index (κ3) is 1.45. The maximum absolute atomic E-state index is 11.4. The molecule has 2 aromatic heterocycles. The van der Waals surface area contributed by atoms with Crippen LogP contribution in [0.3, 0.4) is 0 Å². The van der Waals surface area contributed by atoms with Crippen LogP contribution < -0.4 is 0 Å². The minimum Gasteiger partial charge on any atom is -0.464 e. The fourth-order valence-corrected chi connectivity index (χ4v) is 1.92. The van der Waals surface area contributed by atoms with Crippen molar-refractivity contribution in [2.45, 2.75) is 0 Å². The SMILES string of the molecule is COC(=O)c1cn2ccc3ccccc3c2n1. The molecule has 4 nitrogen and oxygen atoms in total. The lowest BCUT2D eigenvalue weighted by atomic mass is 10.2. The first-order valence-electron chi connectivity index (χ1n) is 5.24. The van der Waals surface area contributed by atoms with Gasteiger partial charge in [0.05, 0.1) is 7.11 Å². The number of imidazole rings is 1. The molecule has 0 saturated heterocycles. The Labute approximate surface area is 97.5 Å². The number of fused-ring (bicyclic) bond motifs is 3. The fourth-order valence-electron chi connectivity index (χ4n) is 1.92. The second kappa shape index (κ2) is 3.59. The standard InChI is InChI=1S/C13H10N2O2/c1-17-13(16)11-8-15-7-6-9-4-2-3-5-10(9)12(15)14-11/h2-8H,1H3. The van der Waals surface area contributed by atoms with Crippen molar-refractivity contribution in [2.24, 2.45) is 0 Å². The van der Waals surface area contributed by atoms with Gasteiger partial charge in [0.25, 0.3) is 0 Å². The van der Waals surface area contributed by atoms with Gasteiger partial charge in [-0.3, -0.25) is 0 Å². The first-order chi connectivity index (χ1) is 8.29. The van der Waals surface area contributed by atoms with E-state index in [-0.39, 0.29) is 0 Å². The molecule has 0 amide bonds. The number of carbonyl (C=O) groups is 1. The van der Waals surface area contributed by atoms with E-state index in [2.05, 4.69) is 9.72 Å². The van der Waals surface area contributed by atoms with E-state index >= 15 is 0 Å². The Hall–Kier alpha value is -2.36. The van der Waals surface area contributed by atoms with Crippen LogP contribution in [0.15, 0.2) is 42.7 Å². The van der Waals surface area contributed by atoms with E-state index in [1.54, 1.807) is 6.20 Å². The predicted molar refractivity (Wildman–Crippen MR) is 64.0 cm³/mol. The Morgan fingerprint density at radius 2 is 2.12 bits per heavy atom. The number of hydrogen-bond acceptors (Lipinski definition) is 3. The Bertz CT molecular complexity index is 716. The van der Waals surface area contributed by atoms with Crippen LogP contribution in [-0.4, -0.2) is 22.5 Å². The van der Waals surface area contributed by atoms with Crippen LogP contribution in [0.25, 0.3) is 16.4 Å². The van der Waals surface area contributed by atoms with Crippen molar-refractivity contribution in [2.75, 3.05) is 7.11 Å². The van der Waals surface area contributed by atoms with Gasteiger partial charge < -0.3 is 9.14 Å². The summed E-state index contributed by atoms with van der Waals surface area (Å²) in [4.78, 5) is 15.7. The monoisotopic (exact) mass is 226 g/mol. The molecule has 3 rings (SSSR count). The fraction of sp³-hybridized carbons (Fsp3) is 0.0769. The molecule has 84 valence electrons. The number of rotatable bonds is 1. The number of pyridine rings is 1. The van der Waals surface area contributed by atoms with Crippen LogP contribution in [0.4, 0.5) is 0 Å². The zero-order chi connectivity index (χ0) is 11.8. The number of nitrogens with zero attached hydrogens (tertiary/aromatic N) is 2. The first kappa shape index (κ1) is 9.84. The number of methoxy groups -OCH3 is 1. The number of ether oxygens (including phenoxy) is 1. The molecule has 0 bridgehead atoms. The van der Waals surface area contributed by atoms with Crippen molar-refractivity contribution in [3.05, 3.63) is 48.4 Å². The second-order valence-corrected chi connectivity index (χ2v) is 3.75. The van der Waals surface area contributed by atoms with Gasteiger partial charge in [0, 0.05) is 17.8 Å². The molecule has 17 heavy (non-hydrogen) atoms. The van der Waals surface area contributed by atoms with Crippen molar-refractivity contribution in [3.8, 4) is 0 Å². The third-order valence-electron chi connectivity index (χ3n) is 2.74. The molecule has 0 N–H and O–H groups in total. The van der Waals surface area contributed by atoms with Crippen molar-refractivity contribution in [1.82, 2.24) is 9.38 Å². The van der Waals surface area contributed by atoms with Crippen LogP contribution >= 0.6 is 0 Å². The lowest BCUT2D eigenvalue weighted by Crippen LogP contribution is -2.00. The summed E-state index contributed by atoms with van der Waals surface area (Å²) in [6, 6.07) is 9.92. The van der Waals surface area contributed by atoms with Gasteiger partial charge in [0.2, 0.25) is 0 Å². The van der Waals surface area contributed by atoms with Gasteiger partial charge in [0.15, 0.2) is 5.69 Å². The number of benzene rings is 1. The molecule has 1 aromatic carbocycles. The second-order valence-electron chi connectivity index (χ2n) is 3.75. The van der Waals surface area contributed by atoms with E-state index in [4.69, 9.17) is 0 Å². The summed E-state index contributed by atoms with van der Waals surface area (Å²) in [6.45, 7) is 0. The van der Waals surface area contributed by atoms with Gasteiger partial charge in [-0.15, -0.1) is 0 Å². The molecule has 4 heteroatoms. The van der Waals surface area contributed by atoms with Gasteiger partial charge in [-0.2, -0.15) is 0 Å². The van der Waals surface area contributed by atoms with E-state index in [0.29, 0.717) is 5.69 Å². The number of aromatic nitrogens is 2. The highest BCUT2D eigenvalue weighted by atomic mass is 16.5. The molecular formula is C13H10N2O2. The summed E-state index contributed by atoms with van der Waals surface area (Å²) in [5.74, 6) is -0.419. The van der Waals surface area contributed by atoms with E-state index in [9.17, 15) is 4.79 Å². The highest BCUT2D eigenvalue weighted by Crippen LogP contribution is 2.19. The quantitative estimate of drug-likeness (QED) is 0.598. The summed E-state index contributed by atoms with van der Waals surface area (Å²) >= 11 is 0. The number of hydrogen-bond donors (Lipinski definition) is 0. The molecule has 0 radical (unpaired) electrons. The summed E-state index contributed by atoms with van der Waals surface area (Å²) in [5, 5.41) is 2.12. The molecule has 0 aliphatic carbocycles. The molecular weight excluding hydrogens is 216 g/mol. The lowest BCUT2D eigenvalue weighted by molar-refractivity contribution is 0.0595. The molecule has 0 aliphatic rings. The van der Waals surface area contributed by atoms with Crippen LogP contribution in [-0.2, 0) is 4.74 Å². The minimum atomic E-state index is -0.419. The zero-order valence-corrected chi connectivity index (χ0v) is 9.25. The molecule has 0 aliphatic heterocycles. The topological polar surface area (TPSA) is 43.6 Å². The minimum absolute atomic E-state index is 0.323. The molecule has 0 atom stereocenters. The smallest absolute Gasteiger partial charge is 0.358 e. The van der Waals surface area contributed by atoms with Gasteiger partial charge in [0.1, 0.15) is 5.65 Å². The first-order valence-corrected chi connectivity index (χ1v) is 5.24. The lowest BCUT2D eigenvalue weighted by Gasteiger charge is -1.98. The highest BCUT2D eigenvalue weighted by molar-refractivity contribution is 5.96. The van der Waals surface area contributed by atoms with E-state index in [0.717, 1.165) is 16.4 Å². The molecule has 0 unspecified atom stereocenters. The van der Waals surface area contributed by atoms with Crippen LogP contribution in [0.1, 0.15) is 10.5 Å². The Morgan fingerprint density at radius 1 is 1.29 bits per heavy atom. The maximum atomic E-state index is 11.4. The normalized spacial score (nSPS) is 10.9. The highest BCUT2D eigenvalue weighted by Gasteiger charge is 2.11. The average Bonchev–Trinajstić information content (AvgIpc) is 2.82. The van der Waals surface area contributed by atoms with E-state index in [1.807, 2.05) is 40.9 Å². The molecule has 0 saturated carbocycles. The van der Waals surface area contributed by atoms with Gasteiger partial charge in [-0.05, 0) is 11.5 Å². The Balaban J connectivity index is 2.35. The summed E-state index contributed by atoms with van der Waals surface area (Å²) < 4.78 is 6.49. The summed E-state index contributed by atoms with van der Waals surface area (Å²) in [5.41, 5.74) is 1.09. The van der Waals surface area contributed by atoms with Gasteiger partial charge >= 0.3 is 5.97 Å². The molecule has 2 heterocycles. The van der Waals surface area contributed by atoms with Gasteiger partial charge in [-0.25, -0.2) is 9.78 Å². The van der Waals surface area contributed by atoms with Crippen LogP contribution in [0.5, 0.6) is 0 Å². The van der Waals surface area contributed by atoms with Crippen LogP contribution in [0.2, 0.25) is 0 Å². The molecule has 0 spiro atoms. The Kier molecular flexibility index (Phi) is 2.08. The largest absolute Gasteiger partial charge is 0.464 e. The van der Waals surface area contributed by atoms with Gasteiger partial charge in [-0.1, -0.05) is 24.3 Å². The van der Waals surface area contributed by atoms with Crippen LogP contribution in [0, 0.1) is 0 Å². The summed E-state index contributed by atoms with van der Waals surface area (Å²) in [6.07, 6.45) is 3.56. The van der Waals surface area contributed by atoms with E-state index < -0.39 is 5.97 Å². The summed E-state index contributed by atoms with van der Waals surface area (Å²) in [7, 11) is 1.35. The number of carbonyl (C=O) groups excluding carboxylic acids is 1. The maximum Gasteiger partial charge on any atom is 0.358 e. The third-order valence-corrected chi connectivity index (χ3v) is 2.74. The number of esters is 1.